The first-order chi connectivity index (χ1) is 33.7. The highest BCUT2D eigenvalue weighted by Crippen LogP contribution is 2.63. The Morgan fingerprint density at radius 3 is 1.31 bits per heavy atom. The monoisotopic (exact) mass is 863 g/mol. The molecule has 3 nitrogen and oxygen atoms in total. The van der Waals surface area contributed by atoms with Crippen molar-refractivity contribution < 1.29 is 0 Å². The van der Waals surface area contributed by atoms with Crippen LogP contribution in [0.3, 0.4) is 0 Å². The fourth-order valence-electron chi connectivity index (χ4n) is 12.3. The highest BCUT2D eigenvalue weighted by atomic mass is 15.1. The van der Waals surface area contributed by atoms with Gasteiger partial charge >= 0.3 is 0 Å². The van der Waals surface area contributed by atoms with Crippen molar-refractivity contribution in [3.63, 3.8) is 0 Å². The van der Waals surface area contributed by atoms with Gasteiger partial charge in [0.1, 0.15) is 0 Å². The summed E-state index contributed by atoms with van der Waals surface area (Å²) < 4.78 is 4.88. The number of fused-ring (bicyclic) bond motifs is 17. The Morgan fingerprint density at radius 2 is 0.706 bits per heavy atom. The first kappa shape index (κ1) is 37.3. The fourth-order valence-corrected chi connectivity index (χ4v) is 12.3. The number of hydrogen-bond donors (Lipinski definition) is 0. The molecule has 0 saturated carbocycles. The first-order valence-corrected chi connectivity index (χ1v) is 23.6. The molecule has 0 N–H and O–H groups in total. The summed E-state index contributed by atoms with van der Waals surface area (Å²) in [6.45, 7) is 0. The fraction of sp³-hybridized carbons (Fsp3) is 0.0154. The van der Waals surface area contributed by atoms with E-state index in [9.17, 15) is 0 Å². The van der Waals surface area contributed by atoms with E-state index in [1.165, 1.54) is 87.9 Å². The van der Waals surface area contributed by atoms with E-state index >= 15 is 0 Å². The zero-order valence-electron chi connectivity index (χ0n) is 37.0. The summed E-state index contributed by atoms with van der Waals surface area (Å²) in [5.74, 6) is 0. The van der Waals surface area contributed by atoms with Gasteiger partial charge in [0.2, 0.25) is 0 Å². The van der Waals surface area contributed by atoms with Crippen molar-refractivity contribution in [3.8, 4) is 33.6 Å². The minimum atomic E-state index is -0.475. The molecule has 0 fully saturated rings. The number of hydrogen-bond acceptors (Lipinski definition) is 1. The van der Waals surface area contributed by atoms with Crippen LogP contribution < -0.4 is 4.90 Å². The number of para-hydroxylation sites is 3. The van der Waals surface area contributed by atoms with Gasteiger partial charge < -0.3 is 14.0 Å². The van der Waals surface area contributed by atoms with Gasteiger partial charge in [-0.05, 0) is 128 Å². The summed E-state index contributed by atoms with van der Waals surface area (Å²) in [7, 11) is 0. The molecule has 2 heterocycles. The lowest BCUT2D eigenvalue weighted by atomic mass is 9.70. The Bertz CT molecular complexity index is 4160. The second-order valence-electron chi connectivity index (χ2n) is 18.4. The Hall–Kier alpha value is -8.92. The van der Waals surface area contributed by atoms with Crippen LogP contribution in [0.15, 0.2) is 249 Å². The molecule has 0 atom stereocenters. The van der Waals surface area contributed by atoms with E-state index in [-0.39, 0.29) is 0 Å². The molecule has 3 heteroatoms. The average Bonchev–Trinajstić information content (AvgIpc) is 4.10. The van der Waals surface area contributed by atoms with Crippen LogP contribution in [0.4, 0.5) is 17.1 Å². The van der Waals surface area contributed by atoms with Gasteiger partial charge in [0.25, 0.3) is 0 Å². The second kappa shape index (κ2) is 14.0. The minimum absolute atomic E-state index is 0.475. The lowest BCUT2D eigenvalue weighted by molar-refractivity contribution is 0.793. The van der Waals surface area contributed by atoms with Crippen LogP contribution in [-0.4, -0.2) is 9.13 Å². The third kappa shape index (κ3) is 5.02. The summed E-state index contributed by atoms with van der Waals surface area (Å²) in [6, 6.07) is 92.5. The maximum absolute atomic E-state index is 2.51. The van der Waals surface area contributed by atoms with Gasteiger partial charge in [-0.2, -0.15) is 0 Å². The van der Waals surface area contributed by atoms with Crippen molar-refractivity contribution in [1.82, 2.24) is 9.13 Å². The zero-order valence-corrected chi connectivity index (χ0v) is 37.0. The molecule has 15 rings (SSSR count). The molecule has 316 valence electrons. The molecule has 2 aliphatic rings. The maximum Gasteiger partial charge on any atom is 0.0726 e. The summed E-state index contributed by atoms with van der Waals surface area (Å²) in [4.78, 5) is 2.50. The number of rotatable bonds is 5. The standard InChI is InChI=1S/C65H41N3/c1-2-18-44(19-3-1)67-61-28-14-9-23-53(61)55-36-33-47(40-63(55)67)66(48-34-37-56-54-24-10-15-29-62(54)68(64(56)41-48)45-31-30-42-16-4-5-17-43(42)38-45)46-32-35-52-51-22-8-13-27-59(51)65(60(52)39-46)57-25-11-6-20-49(57)50-21-7-12-26-58(50)65/h1-41H. The highest BCUT2D eigenvalue weighted by molar-refractivity contribution is 6.12. The van der Waals surface area contributed by atoms with Crippen LogP contribution in [0.5, 0.6) is 0 Å². The van der Waals surface area contributed by atoms with Crippen LogP contribution in [0.2, 0.25) is 0 Å². The normalized spacial score (nSPS) is 13.1. The SMILES string of the molecule is c1ccc(-n2c3ccccc3c3ccc(N(c4ccc5c(c4)C4(c6ccccc6-c6ccccc64)c4ccccc4-5)c4ccc5c6ccccc6n(-c6ccc7ccccc7c6)c5c4)cc32)cc1. The third-order valence-corrected chi connectivity index (χ3v) is 15.1. The predicted octanol–water partition coefficient (Wildman–Crippen LogP) is 16.8. The van der Waals surface area contributed by atoms with Crippen LogP contribution in [-0.2, 0) is 5.41 Å². The number of benzene rings is 11. The molecule has 1 spiro atoms. The molecule has 68 heavy (non-hydrogen) atoms. The Morgan fingerprint density at radius 1 is 0.265 bits per heavy atom. The van der Waals surface area contributed by atoms with Gasteiger partial charge in [0.15, 0.2) is 0 Å². The molecule has 0 bridgehead atoms. The molecule has 0 amide bonds. The molecule has 0 radical (unpaired) electrons. The minimum Gasteiger partial charge on any atom is -0.310 e. The van der Waals surface area contributed by atoms with Crippen molar-refractivity contribution in [2.45, 2.75) is 5.41 Å². The zero-order chi connectivity index (χ0) is 44.5. The van der Waals surface area contributed by atoms with Gasteiger partial charge in [-0.15, -0.1) is 0 Å². The van der Waals surface area contributed by atoms with Gasteiger partial charge in [0.05, 0.1) is 27.5 Å². The second-order valence-corrected chi connectivity index (χ2v) is 18.4. The van der Waals surface area contributed by atoms with Crippen molar-refractivity contribution in [3.05, 3.63) is 271 Å². The average molecular weight is 864 g/mol. The molecular formula is C65H41N3. The lowest BCUT2D eigenvalue weighted by Gasteiger charge is -2.32. The van der Waals surface area contributed by atoms with Gasteiger partial charge in [0, 0.05) is 50.0 Å². The maximum atomic E-state index is 2.51. The smallest absolute Gasteiger partial charge is 0.0726 e. The highest BCUT2D eigenvalue weighted by Gasteiger charge is 2.51. The van der Waals surface area contributed by atoms with E-state index in [0.717, 1.165) is 39.5 Å². The topological polar surface area (TPSA) is 13.1 Å². The van der Waals surface area contributed by atoms with Crippen molar-refractivity contribution in [2.75, 3.05) is 4.90 Å². The molecule has 0 aliphatic heterocycles. The summed E-state index contributed by atoms with van der Waals surface area (Å²) in [6.07, 6.45) is 0. The molecule has 0 unspecified atom stereocenters. The van der Waals surface area contributed by atoms with Crippen molar-refractivity contribution in [2.24, 2.45) is 0 Å². The van der Waals surface area contributed by atoms with E-state index in [1.54, 1.807) is 0 Å². The predicted molar refractivity (Wildman–Crippen MR) is 284 cm³/mol. The molecular weight excluding hydrogens is 823 g/mol. The summed E-state index contributed by atoms with van der Waals surface area (Å²) in [5.41, 5.74) is 20.3. The van der Waals surface area contributed by atoms with E-state index in [2.05, 4.69) is 263 Å². The van der Waals surface area contributed by atoms with E-state index in [4.69, 9.17) is 0 Å². The van der Waals surface area contributed by atoms with E-state index in [1.807, 2.05) is 0 Å². The van der Waals surface area contributed by atoms with Crippen molar-refractivity contribution >= 4 is 71.4 Å². The van der Waals surface area contributed by atoms with Crippen molar-refractivity contribution in [1.29, 1.82) is 0 Å². The van der Waals surface area contributed by atoms with Crippen LogP contribution in [0.25, 0.3) is 88.0 Å². The summed E-state index contributed by atoms with van der Waals surface area (Å²) in [5, 5.41) is 7.37. The Labute approximate surface area is 393 Å². The molecule has 11 aromatic carbocycles. The molecule has 2 aromatic heterocycles. The molecule has 13 aromatic rings. The number of anilines is 3. The third-order valence-electron chi connectivity index (χ3n) is 15.1. The summed E-state index contributed by atoms with van der Waals surface area (Å²) >= 11 is 0. The molecule has 0 saturated heterocycles. The van der Waals surface area contributed by atoms with E-state index < -0.39 is 5.41 Å². The first-order valence-electron chi connectivity index (χ1n) is 23.6. The Kier molecular flexibility index (Phi) is 7.71. The van der Waals surface area contributed by atoms with Crippen LogP contribution in [0, 0.1) is 0 Å². The van der Waals surface area contributed by atoms with Crippen LogP contribution >= 0.6 is 0 Å². The van der Waals surface area contributed by atoms with Gasteiger partial charge in [-0.3, -0.25) is 0 Å². The quantitative estimate of drug-likeness (QED) is 0.168. The van der Waals surface area contributed by atoms with Gasteiger partial charge in [-0.1, -0.05) is 176 Å². The van der Waals surface area contributed by atoms with E-state index in [0.29, 0.717) is 0 Å². The lowest BCUT2D eigenvalue weighted by Crippen LogP contribution is -2.26. The largest absolute Gasteiger partial charge is 0.310 e. The Balaban J connectivity index is 1.03. The van der Waals surface area contributed by atoms with Gasteiger partial charge in [-0.25, -0.2) is 0 Å². The molecule has 2 aliphatic carbocycles. The number of nitrogens with zero attached hydrogens (tertiary/aromatic N) is 3. The number of aromatic nitrogens is 2. The van der Waals surface area contributed by atoms with Crippen LogP contribution in [0.1, 0.15) is 22.3 Å².